The van der Waals surface area contributed by atoms with E-state index in [1.807, 2.05) is 20.8 Å². The summed E-state index contributed by atoms with van der Waals surface area (Å²) in [7, 11) is 4.86. The van der Waals surface area contributed by atoms with Gasteiger partial charge in [0.1, 0.15) is 42.4 Å². The number of esters is 3. The molecule has 0 spiro atoms. The third kappa shape index (κ3) is 14.2. The van der Waals surface area contributed by atoms with Gasteiger partial charge in [-0.2, -0.15) is 0 Å². The number of nitrogens with zero attached hydrogens (tertiary/aromatic N) is 1. The Morgan fingerprint density at radius 3 is 2.29 bits per heavy atom. The van der Waals surface area contributed by atoms with Crippen LogP contribution >= 0.6 is 0 Å². The average molecular weight is 828 g/mol. The Morgan fingerprint density at radius 2 is 1.71 bits per heavy atom. The van der Waals surface area contributed by atoms with E-state index in [2.05, 4.69) is 0 Å². The van der Waals surface area contributed by atoms with Crippen LogP contribution < -0.4 is 0 Å². The van der Waals surface area contributed by atoms with Crippen LogP contribution in [0.15, 0.2) is 24.3 Å². The molecule has 0 radical (unpaired) electrons. The van der Waals surface area contributed by atoms with E-state index in [1.54, 1.807) is 71.0 Å². The number of hydrogen-bond acceptors (Lipinski definition) is 16. The molecule has 0 aromatic heterocycles. The Bertz CT molecular complexity index is 1390. The van der Waals surface area contributed by atoms with Gasteiger partial charge in [0.25, 0.3) is 0 Å². The third-order valence-electron chi connectivity index (χ3n) is 11.0. The molecule has 3 aliphatic heterocycles. The molecule has 16 atom stereocenters. The minimum absolute atomic E-state index is 0.0454. The molecule has 0 amide bonds. The van der Waals surface area contributed by atoms with Crippen molar-refractivity contribution in [3.05, 3.63) is 24.3 Å². The molecule has 2 saturated heterocycles. The van der Waals surface area contributed by atoms with Crippen molar-refractivity contribution in [3.63, 3.8) is 0 Å². The highest BCUT2D eigenvalue weighted by molar-refractivity contribution is 5.72. The van der Waals surface area contributed by atoms with Gasteiger partial charge in [0.15, 0.2) is 18.7 Å². The topological polar surface area (TPSA) is 206 Å². The molecule has 3 aliphatic rings. The summed E-state index contributed by atoms with van der Waals surface area (Å²) in [6.07, 6.45) is -4.12. The lowest BCUT2D eigenvalue weighted by Gasteiger charge is -2.50. The van der Waals surface area contributed by atoms with E-state index in [4.69, 9.17) is 37.9 Å². The molecule has 0 unspecified atom stereocenters. The maximum atomic E-state index is 13.2. The van der Waals surface area contributed by atoms with Gasteiger partial charge in [0, 0.05) is 33.3 Å². The normalized spacial score (nSPS) is 40.7. The van der Waals surface area contributed by atoms with E-state index in [9.17, 15) is 34.5 Å². The van der Waals surface area contributed by atoms with Gasteiger partial charge < -0.3 is 62.9 Å². The number of methoxy groups -OCH3 is 1. The van der Waals surface area contributed by atoms with E-state index in [0.717, 1.165) is 6.29 Å². The first kappa shape index (κ1) is 49.6. The Morgan fingerprint density at radius 1 is 1.02 bits per heavy atom. The summed E-state index contributed by atoms with van der Waals surface area (Å²) in [4.78, 5) is 52.3. The van der Waals surface area contributed by atoms with Crippen LogP contribution in [0.4, 0.5) is 0 Å². The van der Waals surface area contributed by atoms with Gasteiger partial charge in [-0.05, 0) is 78.5 Å². The number of carbonyl (C=O) groups excluding carboxylic acids is 4. The zero-order valence-electron chi connectivity index (χ0n) is 36.1. The Hall–Kier alpha value is -2.80. The van der Waals surface area contributed by atoms with Crippen LogP contribution in [0.5, 0.6) is 0 Å². The quantitative estimate of drug-likeness (QED) is 0.147. The number of hydrogen-bond donors (Lipinski definition) is 3. The molecule has 3 N–H and O–H groups in total. The van der Waals surface area contributed by atoms with Gasteiger partial charge in [-0.15, -0.1) is 0 Å². The van der Waals surface area contributed by atoms with Crippen molar-refractivity contribution >= 4 is 24.2 Å². The molecule has 16 heteroatoms. The number of ether oxygens (including phenoxy) is 8. The molecule has 332 valence electrons. The van der Waals surface area contributed by atoms with Gasteiger partial charge >= 0.3 is 17.9 Å². The first-order valence-electron chi connectivity index (χ1n) is 20.4. The largest absolute Gasteiger partial charge is 0.459 e. The van der Waals surface area contributed by atoms with E-state index in [-0.39, 0.29) is 37.5 Å². The van der Waals surface area contributed by atoms with Gasteiger partial charge in [0.2, 0.25) is 0 Å². The third-order valence-corrected chi connectivity index (χ3v) is 11.0. The maximum Gasteiger partial charge on any atom is 0.310 e. The molecule has 0 aliphatic carbocycles. The fraction of sp³-hybridized carbons (Fsp3) is 0.810. The van der Waals surface area contributed by atoms with Crippen LogP contribution in [0.3, 0.4) is 0 Å². The molecule has 58 heavy (non-hydrogen) atoms. The van der Waals surface area contributed by atoms with E-state index in [1.165, 1.54) is 14.0 Å². The predicted octanol–water partition coefficient (Wildman–Crippen LogP) is 3.01. The molecule has 0 saturated carbocycles. The number of cyclic esters (lactones) is 1. The summed E-state index contributed by atoms with van der Waals surface area (Å²) in [6.45, 7) is 13.5. The zero-order chi connectivity index (χ0) is 43.5. The number of carbonyl (C=O) groups is 4. The zero-order valence-corrected chi connectivity index (χ0v) is 36.1. The van der Waals surface area contributed by atoms with Gasteiger partial charge in [0.05, 0.1) is 36.9 Å². The van der Waals surface area contributed by atoms with E-state index in [0.29, 0.717) is 6.42 Å². The number of aliphatic hydroxyl groups is 3. The summed E-state index contributed by atoms with van der Waals surface area (Å²) in [5.74, 6) is -2.78. The number of aldehydes is 1. The molecule has 3 heterocycles. The summed E-state index contributed by atoms with van der Waals surface area (Å²) < 4.78 is 48.5. The molecule has 0 aromatic rings. The monoisotopic (exact) mass is 827 g/mol. The maximum absolute atomic E-state index is 13.2. The average Bonchev–Trinajstić information content (AvgIpc) is 3.09. The summed E-state index contributed by atoms with van der Waals surface area (Å²) >= 11 is 0. The van der Waals surface area contributed by atoms with Crippen LogP contribution in [0.1, 0.15) is 93.9 Å². The summed E-state index contributed by atoms with van der Waals surface area (Å²) in [5, 5.41) is 34.6. The molecular weight excluding hydrogens is 758 g/mol. The molecule has 3 rings (SSSR count). The minimum atomic E-state index is -1.50. The first-order chi connectivity index (χ1) is 27.2. The van der Waals surface area contributed by atoms with Crippen LogP contribution in [0.2, 0.25) is 0 Å². The highest BCUT2D eigenvalue weighted by Crippen LogP contribution is 2.38. The molecular formula is C42H69NO15. The molecule has 16 nitrogen and oxygen atoms in total. The van der Waals surface area contributed by atoms with Gasteiger partial charge in [-0.3, -0.25) is 14.4 Å². The highest BCUT2D eigenvalue weighted by Gasteiger charge is 2.53. The number of aliphatic hydroxyl groups excluding tert-OH is 2. The second kappa shape index (κ2) is 22.7. The lowest BCUT2D eigenvalue weighted by Crippen LogP contribution is -2.66. The van der Waals surface area contributed by atoms with E-state index >= 15 is 0 Å². The Kier molecular flexibility index (Phi) is 19.4. The summed E-state index contributed by atoms with van der Waals surface area (Å²) in [5.41, 5.74) is -1.50. The lowest BCUT2D eigenvalue weighted by atomic mass is 9.82. The fourth-order valence-corrected chi connectivity index (χ4v) is 8.10. The number of allylic oxidation sites excluding steroid dienone is 2. The SMILES string of the molecule is CO[C@@H]1[C@@H](O[C@@H]2O[C@H](C)[C@@H](O[C@H]3C[C@@](C)(O)[C@@H](OC(=O)CC(C)C)[C@H](C)O3)[C@H](N(C)C)[C@H]2O)[C@@H](CC=O)C[C@@H](C)[C@@H](O)C/C=C/C=C\[C@@H](C)OC(=O)C[C@H]1OC(C)=O. The van der Waals surface area contributed by atoms with Crippen molar-refractivity contribution in [3.8, 4) is 0 Å². The van der Waals surface area contributed by atoms with Crippen molar-refractivity contribution in [1.82, 2.24) is 4.90 Å². The molecule has 2 fully saturated rings. The van der Waals surface area contributed by atoms with Crippen LogP contribution in [0.25, 0.3) is 0 Å². The lowest BCUT2D eigenvalue weighted by molar-refractivity contribution is -0.344. The second-order valence-corrected chi connectivity index (χ2v) is 16.9. The van der Waals surface area contributed by atoms with E-state index < -0.39 is 116 Å². The predicted molar refractivity (Wildman–Crippen MR) is 210 cm³/mol. The fourth-order valence-electron chi connectivity index (χ4n) is 8.10. The Labute approximate surface area is 343 Å². The number of rotatable bonds is 12. The minimum Gasteiger partial charge on any atom is -0.459 e. The number of likely N-dealkylation sites (N-methyl/N-ethyl adjacent to an activating group) is 1. The van der Waals surface area contributed by atoms with Crippen LogP contribution in [-0.4, -0.2) is 151 Å². The smallest absolute Gasteiger partial charge is 0.310 e. The second-order valence-electron chi connectivity index (χ2n) is 16.9. The molecule has 0 bridgehead atoms. The van der Waals surface area contributed by atoms with Crippen molar-refractivity contribution < 1.29 is 72.4 Å². The van der Waals surface area contributed by atoms with Gasteiger partial charge in [-0.1, -0.05) is 39.0 Å². The summed E-state index contributed by atoms with van der Waals surface area (Å²) in [6, 6.07) is -0.780. The van der Waals surface area contributed by atoms with Crippen molar-refractivity contribution in [1.29, 1.82) is 0 Å². The van der Waals surface area contributed by atoms with Crippen LogP contribution in [0, 0.1) is 17.8 Å². The van der Waals surface area contributed by atoms with Gasteiger partial charge in [-0.25, -0.2) is 0 Å². The Balaban J connectivity index is 1.97. The standard InChI is InChI=1S/C42H69NO15/c1-23(2)19-32(47)56-40-27(6)53-34(22-42(40,8)50)57-37-26(5)54-41(36(49)35(37)43(9)10)58-38-29(17-18-44)20-24(3)30(46)16-14-12-13-15-25(4)52-33(48)21-31(39(38)51-11)55-28(7)45/h12-15,18,23-27,29-31,34-41,46,49-50H,16-17,19-22H2,1-11H3/b14-12+,15-13-/t24-,25-,26-,27+,29+,30+,31-,34+,35-,36-,37-,38+,39+,40+,41+,42-/m1/s1. The molecule has 0 aromatic carbocycles. The highest BCUT2D eigenvalue weighted by atomic mass is 16.7. The van der Waals surface area contributed by atoms with Crippen molar-refractivity contribution in [2.24, 2.45) is 17.8 Å². The first-order valence-corrected chi connectivity index (χ1v) is 20.4. The van der Waals surface area contributed by atoms with Crippen LogP contribution in [-0.2, 0) is 57.1 Å². The van der Waals surface area contributed by atoms with Crippen molar-refractivity contribution in [2.75, 3.05) is 21.2 Å². The van der Waals surface area contributed by atoms with Crippen molar-refractivity contribution in [2.45, 2.75) is 179 Å².